The zero-order valence-electron chi connectivity index (χ0n) is 22.4. The molecule has 7 nitrogen and oxygen atoms in total. The zero-order chi connectivity index (χ0) is 30.2. The number of anilines is 2. The van der Waals surface area contributed by atoms with Crippen LogP contribution in [-0.2, 0) is 16.0 Å². The summed E-state index contributed by atoms with van der Waals surface area (Å²) in [5.74, 6) is -0.468. The minimum absolute atomic E-state index is 0.0100. The number of halogens is 7. The number of hydrogen-bond acceptors (Lipinski definition) is 5. The molecule has 0 bridgehead atoms. The summed E-state index contributed by atoms with van der Waals surface area (Å²) in [7, 11) is 0. The molecule has 0 unspecified atom stereocenters. The first kappa shape index (κ1) is 32.3. The summed E-state index contributed by atoms with van der Waals surface area (Å²) < 4.78 is 77.2. The first-order valence-electron chi connectivity index (χ1n) is 12.9. The van der Waals surface area contributed by atoms with Gasteiger partial charge < -0.3 is 25.3 Å². The Morgan fingerprint density at radius 3 is 2.05 bits per heavy atom. The summed E-state index contributed by atoms with van der Waals surface area (Å²) >= 11 is 6.18. The van der Waals surface area contributed by atoms with Crippen molar-refractivity contribution in [1.29, 1.82) is 0 Å². The molecule has 2 amide bonds. The minimum atomic E-state index is -4.84. The van der Waals surface area contributed by atoms with Gasteiger partial charge >= 0.3 is 12.4 Å². The molecule has 0 atom stereocenters. The lowest BCUT2D eigenvalue weighted by Gasteiger charge is -2.31. The largest absolute Gasteiger partial charge is 0.405 e. The maximum absolute atomic E-state index is 12.9. The number of nitrogens with one attached hydrogen (secondary N) is 2. The molecule has 1 saturated heterocycles. The van der Waals surface area contributed by atoms with E-state index in [4.69, 9.17) is 11.6 Å². The van der Waals surface area contributed by atoms with Gasteiger partial charge in [0.05, 0.1) is 13.1 Å². The maximum atomic E-state index is 12.9. The molecule has 1 fully saturated rings. The first-order chi connectivity index (χ1) is 19.2. The van der Waals surface area contributed by atoms with Crippen molar-refractivity contribution in [3.05, 3.63) is 58.6 Å². The van der Waals surface area contributed by atoms with Gasteiger partial charge in [-0.1, -0.05) is 35.4 Å². The molecule has 0 spiro atoms. The standard InChI is InChI=1S/C27H32ClF6N5O2/c1-19-2-5-21(6-3-19)38(16-25(41)37-12-10-35-11-13-37)15-24(40)36-9-8-20-4-7-22(14-23(20)28)39(17-26(29,30)31)18-27(32,33)34/h2-7,14,35H,8-13,15-18H2,1H3,(H,36,40). The van der Waals surface area contributed by atoms with Gasteiger partial charge in [-0.2, -0.15) is 26.3 Å². The third-order valence-corrected chi connectivity index (χ3v) is 6.74. The van der Waals surface area contributed by atoms with Crippen molar-refractivity contribution in [2.75, 3.05) is 68.7 Å². The second kappa shape index (κ2) is 14.1. The Morgan fingerprint density at radius 2 is 1.49 bits per heavy atom. The lowest BCUT2D eigenvalue weighted by molar-refractivity contribution is -0.137. The van der Waals surface area contributed by atoms with Gasteiger partial charge in [0.15, 0.2) is 0 Å². The summed E-state index contributed by atoms with van der Waals surface area (Å²) in [6.07, 6.45) is -9.50. The van der Waals surface area contributed by atoms with E-state index in [1.54, 1.807) is 9.80 Å². The first-order valence-corrected chi connectivity index (χ1v) is 13.3. The van der Waals surface area contributed by atoms with Crippen LogP contribution in [0.3, 0.4) is 0 Å². The second-order valence-electron chi connectivity index (χ2n) is 9.78. The lowest BCUT2D eigenvalue weighted by atomic mass is 10.1. The van der Waals surface area contributed by atoms with Crippen molar-refractivity contribution in [3.63, 3.8) is 0 Å². The van der Waals surface area contributed by atoms with Gasteiger partial charge in [-0.15, -0.1) is 0 Å². The maximum Gasteiger partial charge on any atom is 0.405 e. The Morgan fingerprint density at radius 1 is 0.902 bits per heavy atom. The second-order valence-corrected chi connectivity index (χ2v) is 10.2. The molecule has 2 aromatic rings. The number of alkyl halides is 6. The molecule has 1 aliphatic rings. The average molecular weight is 608 g/mol. The van der Waals surface area contributed by atoms with Gasteiger partial charge in [0, 0.05) is 49.1 Å². The Hall–Kier alpha value is -3.19. The van der Waals surface area contributed by atoms with Crippen LogP contribution < -0.4 is 20.4 Å². The smallest absolute Gasteiger partial charge is 0.354 e. The molecule has 0 aromatic heterocycles. The highest BCUT2D eigenvalue weighted by Gasteiger charge is 2.37. The molecule has 0 aliphatic carbocycles. The Kier molecular flexibility index (Phi) is 11.1. The van der Waals surface area contributed by atoms with Crippen molar-refractivity contribution < 1.29 is 35.9 Å². The molecule has 14 heteroatoms. The number of rotatable bonds is 11. The van der Waals surface area contributed by atoms with Crippen molar-refractivity contribution in [2.24, 2.45) is 0 Å². The quantitative estimate of drug-likeness (QED) is 0.376. The van der Waals surface area contributed by atoms with Crippen LogP contribution in [-0.4, -0.2) is 88.0 Å². The van der Waals surface area contributed by atoms with Crippen LogP contribution >= 0.6 is 11.6 Å². The van der Waals surface area contributed by atoms with E-state index in [1.165, 1.54) is 6.07 Å². The van der Waals surface area contributed by atoms with Gasteiger partial charge in [0.25, 0.3) is 0 Å². The highest BCUT2D eigenvalue weighted by molar-refractivity contribution is 6.31. The number of nitrogens with zero attached hydrogens (tertiary/aromatic N) is 3. The number of aryl methyl sites for hydroxylation is 1. The van der Waals surface area contributed by atoms with Crippen LogP contribution in [0.4, 0.5) is 37.7 Å². The zero-order valence-corrected chi connectivity index (χ0v) is 23.2. The monoisotopic (exact) mass is 607 g/mol. The molecular formula is C27H32ClF6N5O2. The number of carbonyl (C=O) groups excluding carboxylic acids is 2. The molecular weight excluding hydrogens is 576 g/mol. The van der Waals surface area contributed by atoms with Crippen LogP contribution in [0.2, 0.25) is 5.02 Å². The van der Waals surface area contributed by atoms with Crippen LogP contribution in [0.25, 0.3) is 0 Å². The van der Waals surface area contributed by atoms with Crippen molar-refractivity contribution in [1.82, 2.24) is 15.5 Å². The fourth-order valence-electron chi connectivity index (χ4n) is 4.34. The predicted octanol–water partition coefficient (Wildman–Crippen LogP) is 4.18. The van der Waals surface area contributed by atoms with Gasteiger partial charge in [0.2, 0.25) is 11.8 Å². The fraction of sp³-hybridized carbons (Fsp3) is 0.481. The molecule has 226 valence electrons. The van der Waals surface area contributed by atoms with Gasteiger partial charge in [-0.3, -0.25) is 9.59 Å². The minimum Gasteiger partial charge on any atom is -0.354 e. The highest BCUT2D eigenvalue weighted by atomic mass is 35.5. The number of benzene rings is 2. The summed E-state index contributed by atoms with van der Waals surface area (Å²) in [5.41, 5.74) is 1.85. The highest BCUT2D eigenvalue weighted by Crippen LogP contribution is 2.30. The SMILES string of the molecule is Cc1ccc(N(CC(=O)NCCc2ccc(N(CC(F)(F)F)CC(F)(F)F)cc2Cl)CC(=O)N2CCNCC2)cc1. The Balaban J connectivity index is 1.61. The molecule has 1 aliphatic heterocycles. The predicted molar refractivity (Wildman–Crippen MR) is 145 cm³/mol. The molecule has 2 aromatic carbocycles. The number of piperazine rings is 1. The average Bonchev–Trinajstić information content (AvgIpc) is 2.88. The molecule has 41 heavy (non-hydrogen) atoms. The van der Waals surface area contributed by atoms with Crippen LogP contribution in [0.1, 0.15) is 11.1 Å². The van der Waals surface area contributed by atoms with Crippen molar-refractivity contribution in [3.8, 4) is 0 Å². The fourth-order valence-corrected chi connectivity index (χ4v) is 4.61. The van der Waals surface area contributed by atoms with Gasteiger partial charge in [0.1, 0.15) is 13.1 Å². The van der Waals surface area contributed by atoms with E-state index in [0.717, 1.165) is 17.7 Å². The topological polar surface area (TPSA) is 67.9 Å². The summed E-state index contributed by atoms with van der Waals surface area (Å²) in [5, 5.41) is 5.91. The number of amides is 2. The normalized spacial score (nSPS) is 14.1. The van der Waals surface area contributed by atoms with Crippen LogP contribution in [0, 0.1) is 6.92 Å². The molecule has 0 radical (unpaired) electrons. The lowest BCUT2D eigenvalue weighted by Crippen LogP contribution is -2.50. The third-order valence-electron chi connectivity index (χ3n) is 6.39. The van der Waals surface area contributed by atoms with E-state index in [0.29, 0.717) is 37.4 Å². The summed E-state index contributed by atoms with van der Waals surface area (Å²) in [4.78, 5) is 29.3. The van der Waals surface area contributed by atoms with E-state index >= 15 is 0 Å². The van der Waals surface area contributed by atoms with Gasteiger partial charge in [-0.25, -0.2) is 0 Å². The van der Waals surface area contributed by atoms with Crippen molar-refractivity contribution >= 4 is 34.8 Å². The van der Waals surface area contributed by atoms with Crippen LogP contribution in [0.5, 0.6) is 0 Å². The molecule has 0 saturated carbocycles. The number of hydrogen-bond donors (Lipinski definition) is 2. The molecule has 3 rings (SSSR count). The third kappa shape index (κ3) is 11.0. The molecule has 2 N–H and O–H groups in total. The Labute approximate surface area is 239 Å². The molecule has 1 heterocycles. The van der Waals surface area contributed by atoms with E-state index in [1.807, 2.05) is 31.2 Å². The van der Waals surface area contributed by atoms with Gasteiger partial charge in [-0.05, 0) is 43.2 Å². The summed E-state index contributed by atoms with van der Waals surface area (Å²) in [6.45, 7) is 0.932. The van der Waals surface area contributed by atoms with Crippen LogP contribution in [0.15, 0.2) is 42.5 Å². The Bertz CT molecular complexity index is 1150. The van der Waals surface area contributed by atoms with Crippen molar-refractivity contribution in [2.45, 2.75) is 25.7 Å². The van der Waals surface area contributed by atoms with E-state index in [2.05, 4.69) is 10.6 Å². The van der Waals surface area contributed by atoms with E-state index in [-0.39, 0.29) is 53.5 Å². The summed E-state index contributed by atoms with van der Waals surface area (Å²) in [6, 6.07) is 11.0. The van der Waals surface area contributed by atoms with E-state index in [9.17, 15) is 35.9 Å². The van der Waals surface area contributed by atoms with E-state index < -0.39 is 25.4 Å². The number of carbonyl (C=O) groups is 2.